The highest BCUT2D eigenvalue weighted by atomic mass is 16.1. The van der Waals surface area contributed by atoms with Crippen LogP contribution < -0.4 is 0 Å². The molecule has 0 amide bonds. The molecule has 0 atom stereocenters. The van der Waals surface area contributed by atoms with Gasteiger partial charge in [-0.2, -0.15) is 0 Å². The van der Waals surface area contributed by atoms with Crippen molar-refractivity contribution >= 4 is 6.29 Å². The smallest absolute Gasteiger partial charge is 0.150 e. The molecule has 0 N–H and O–H groups in total. The summed E-state index contributed by atoms with van der Waals surface area (Å²) in [4.78, 5) is 10.4. The van der Waals surface area contributed by atoms with E-state index < -0.39 is 0 Å². The van der Waals surface area contributed by atoms with Crippen LogP contribution in [0.1, 0.15) is 22.8 Å². The fourth-order valence-corrected chi connectivity index (χ4v) is 1.05. The lowest BCUT2D eigenvalue weighted by atomic mass is 10.1. The van der Waals surface area contributed by atoms with Crippen LogP contribution in [0.15, 0.2) is 36.4 Å². The van der Waals surface area contributed by atoms with E-state index in [1.807, 2.05) is 37.3 Å². The van der Waals surface area contributed by atoms with Crippen LogP contribution in [0.4, 0.5) is 0 Å². The Hall–Kier alpha value is -1.37. The number of aldehydes is 1. The van der Waals surface area contributed by atoms with Gasteiger partial charge >= 0.3 is 0 Å². The Labute approximate surface area is 72.7 Å². The Kier molecular flexibility index (Phi) is 3.27. The molecule has 0 heterocycles. The maximum absolute atomic E-state index is 10.4. The summed E-state index contributed by atoms with van der Waals surface area (Å²) in [6.45, 7) is 1.99. The minimum absolute atomic E-state index is 0.747. The number of hydrogen-bond donors (Lipinski definition) is 0. The molecule has 0 fully saturated rings. The molecule has 1 heteroatoms. The van der Waals surface area contributed by atoms with E-state index in [1.54, 1.807) is 0 Å². The van der Waals surface area contributed by atoms with Crippen molar-refractivity contribution in [2.24, 2.45) is 0 Å². The van der Waals surface area contributed by atoms with Crippen molar-refractivity contribution in [3.63, 3.8) is 0 Å². The monoisotopic (exact) mass is 160 g/mol. The molecule has 0 saturated carbocycles. The van der Waals surface area contributed by atoms with Crippen molar-refractivity contribution in [3.8, 4) is 0 Å². The number of benzene rings is 1. The average molecular weight is 160 g/mol. The summed E-state index contributed by atoms with van der Waals surface area (Å²) in [5.41, 5.74) is 1.93. The Morgan fingerprint density at radius 2 is 2.25 bits per heavy atom. The number of rotatable bonds is 3. The number of hydrogen-bond acceptors (Lipinski definition) is 1. The van der Waals surface area contributed by atoms with E-state index in [4.69, 9.17) is 0 Å². The van der Waals surface area contributed by atoms with E-state index in [9.17, 15) is 4.79 Å². The van der Waals surface area contributed by atoms with Gasteiger partial charge in [0, 0.05) is 5.56 Å². The van der Waals surface area contributed by atoms with Gasteiger partial charge in [0.1, 0.15) is 6.29 Å². The predicted molar refractivity (Wildman–Crippen MR) is 50.3 cm³/mol. The fourth-order valence-electron chi connectivity index (χ4n) is 1.05. The lowest BCUT2D eigenvalue weighted by Crippen LogP contribution is -1.84. The minimum Gasteiger partial charge on any atom is -0.298 e. The van der Waals surface area contributed by atoms with Crippen LogP contribution in [0.5, 0.6) is 0 Å². The highest BCUT2D eigenvalue weighted by molar-refractivity contribution is 5.74. The molecule has 1 nitrogen and oxygen atoms in total. The van der Waals surface area contributed by atoms with Crippen molar-refractivity contribution in [1.29, 1.82) is 0 Å². The Bertz CT molecular complexity index is 287. The van der Waals surface area contributed by atoms with Gasteiger partial charge in [-0.3, -0.25) is 4.79 Å². The number of carbonyl (C=O) groups is 1. The van der Waals surface area contributed by atoms with Gasteiger partial charge < -0.3 is 0 Å². The van der Waals surface area contributed by atoms with Gasteiger partial charge in [0.05, 0.1) is 0 Å². The molecule has 0 saturated heterocycles. The Morgan fingerprint density at radius 3 is 2.92 bits per heavy atom. The molecular formula is C11H12O. The molecule has 0 aliphatic rings. The fraction of sp³-hybridized carbons (Fsp3) is 0.182. The first-order chi connectivity index (χ1) is 5.86. The van der Waals surface area contributed by atoms with Crippen molar-refractivity contribution in [1.82, 2.24) is 0 Å². The van der Waals surface area contributed by atoms with E-state index in [0.717, 1.165) is 18.3 Å². The average Bonchev–Trinajstić information content (AvgIpc) is 2.15. The standard InChI is InChI=1S/C11H12O/c1-2-3-5-10-6-4-7-11(8-10)9-12/h2-4,6-9H,5H2,1H3/b3-2+. The van der Waals surface area contributed by atoms with Crippen LogP contribution in [0.2, 0.25) is 0 Å². The quantitative estimate of drug-likeness (QED) is 0.490. The van der Waals surface area contributed by atoms with Crippen molar-refractivity contribution in [2.45, 2.75) is 13.3 Å². The summed E-state index contributed by atoms with van der Waals surface area (Å²) in [5.74, 6) is 0. The van der Waals surface area contributed by atoms with E-state index in [0.29, 0.717) is 0 Å². The van der Waals surface area contributed by atoms with Crippen LogP contribution in [-0.4, -0.2) is 6.29 Å². The zero-order valence-corrected chi connectivity index (χ0v) is 7.16. The molecule has 1 aromatic carbocycles. The Morgan fingerprint density at radius 1 is 1.42 bits per heavy atom. The maximum Gasteiger partial charge on any atom is 0.150 e. The molecule has 1 aromatic rings. The third kappa shape index (κ3) is 2.35. The normalized spacial score (nSPS) is 10.4. The van der Waals surface area contributed by atoms with Gasteiger partial charge in [-0.25, -0.2) is 0 Å². The zero-order valence-electron chi connectivity index (χ0n) is 7.16. The second-order valence-corrected chi connectivity index (χ2v) is 2.64. The first-order valence-corrected chi connectivity index (χ1v) is 4.02. The predicted octanol–water partition coefficient (Wildman–Crippen LogP) is 2.62. The zero-order chi connectivity index (χ0) is 8.81. The van der Waals surface area contributed by atoms with E-state index in [2.05, 4.69) is 6.08 Å². The summed E-state index contributed by atoms with van der Waals surface area (Å²) >= 11 is 0. The molecule has 12 heavy (non-hydrogen) atoms. The van der Waals surface area contributed by atoms with Gasteiger partial charge in [-0.05, 0) is 25.0 Å². The molecule has 62 valence electrons. The summed E-state index contributed by atoms with van der Waals surface area (Å²) in [5, 5.41) is 0. The third-order valence-electron chi connectivity index (χ3n) is 1.68. The molecule has 0 spiro atoms. The highest BCUT2D eigenvalue weighted by Crippen LogP contribution is 2.04. The Balaban J connectivity index is 2.79. The number of carbonyl (C=O) groups excluding carboxylic acids is 1. The van der Waals surface area contributed by atoms with Gasteiger partial charge in [-0.15, -0.1) is 0 Å². The molecule has 0 bridgehead atoms. The first kappa shape index (κ1) is 8.72. The second kappa shape index (κ2) is 4.50. The van der Waals surface area contributed by atoms with Crippen LogP contribution in [0.25, 0.3) is 0 Å². The SMILES string of the molecule is C/C=C/Cc1cccc(C=O)c1. The molecule has 1 rings (SSSR count). The summed E-state index contributed by atoms with van der Waals surface area (Å²) in [6.07, 6.45) is 5.86. The molecule has 0 unspecified atom stereocenters. The van der Waals surface area contributed by atoms with Crippen molar-refractivity contribution < 1.29 is 4.79 Å². The van der Waals surface area contributed by atoms with Crippen LogP contribution in [0, 0.1) is 0 Å². The van der Waals surface area contributed by atoms with Crippen molar-refractivity contribution in [2.75, 3.05) is 0 Å². The van der Waals surface area contributed by atoms with Gasteiger partial charge in [0.25, 0.3) is 0 Å². The largest absolute Gasteiger partial charge is 0.298 e. The van der Waals surface area contributed by atoms with Crippen LogP contribution in [-0.2, 0) is 6.42 Å². The van der Waals surface area contributed by atoms with E-state index >= 15 is 0 Å². The first-order valence-electron chi connectivity index (χ1n) is 4.02. The van der Waals surface area contributed by atoms with Crippen molar-refractivity contribution in [3.05, 3.63) is 47.5 Å². The molecule has 0 aliphatic heterocycles. The van der Waals surface area contributed by atoms with Gasteiger partial charge in [0.2, 0.25) is 0 Å². The topological polar surface area (TPSA) is 17.1 Å². The van der Waals surface area contributed by atoms with Gasteiger partial charge in [-0.1, -0.05) is 30.4 Å². The summed E-state index contributed by atoms with van der Waals surface area (Å²) in [6, 6.07) is 7.65. The maximum atomic E-state index is 10.4. The number of allylic oxidation sites excluding steroid dienone is 2. The molecule has 0 aromatic heterocycles. The second-order valence-electron chi connectivity index (χ2n) is 2.64. The molecule has 0 aliphatic carbocycles. The highest BCUT2D eigenvalue weighted by Gasteiger charge is 1.91. The van der Waals surface area contributed by atoms with E-state index in [1.165, 1.54) is 5.56 Å². The van der Waals surface area contributed by atoms with Crippen LogP contribution >= 0.6 is 0 Å². The lowest BCUT2D eigenvalue weighted by Gasteiger charge is -1.96. The van der Waals surface area contributed by atoms with E-state index in [-0.39, 0.29) is 0 Å². The summed E-state index contributed by atoms with van der Waals surface area (Å²) in [7, 11) is 0. The van der Waals surface area contributed by atoms with Crippen LogP contribution in [0.3, 0.4) is 0 Å². The third-order valence-corrected chi connectivity index (χ3v) is 1.68. The summed E-state index contributed by atoms with van der Waals surface area (Å²) < 4.78 is 0. The minimum atomic E-state index is 0.747. The molecular weight excluding hydrogens is 148 g/mol. The lowest BCUT2D eigenvalue weighted by molar-refractivity contribution is 0.112. The van der Waals surface area contributed by atoms with Gasteiger partial charge in [0.15, 0.2) is 0 Å². The molecule has 0 radical (unpaired) electrons.